The van der Waals surface area contributed by atoms with Crippen LogP contribution < -0.4 is 4.90 Å². The summed E-state index contributed by atoms with van der Waals surface area (Å²) in [7, 11) is 0. The lowest BCUT2D eigenvalue weighted by Gasteiger charge is -2.21. The van der Waals surface area contributed by atoms with Crippen molar-refractivity contribution in [2.24, 2.45) is 0 Å². The molecule has 1 aromatic heterocycles. The van der Waals surface area contributed by atoms with Gasteiger partial charge >= 0.3 is 0 Å². The molecule has 0 atom stereocenters. The van der Waals surface area contributed by atoms with Crippen molar-refractivity contribution < 1.29 is 13.9 Å². The molecule has 3 rings (SSSR count). The summed E-state index contributed by atoms with van der Waals surface area (Å²) in [6.45, 7) is 7.33. The molecule has 2 aromatic rings. The number of carbonyl (C=O) groups excluding carboxylic acids is 1. The Hall–Kier alpha value is -2.14. The number of nitrogens with zero attached hydrogens (tertiary/aromatic N) is 2. The summed E-state index contributed by atoms with van der Waals surface area (Å²) in [6, 6.07) is 7.80. The molecule has 0 saturated heterocycles. The van der Waals surface area contributed by atoms with Crippen LogP contribution in [0.25, 0.3) is 0 Å². The van der Waals surface area contributed by atoms with E-state index in [1.165, 1.54) is 0 Å². The number of aryl methyl sites for hydroxylation is 1. The first kappa shape index (κ1) is 14.8. The van der Waals surface area contributed by atoms with E-state index in [0.717, 1.165) is 11.3 Å². The molecule has 0 aliphatic carbocycles. The van der Waals surface area contributed by atoms with Gasteiger partial charge in [0, 0.05) is 23.7 Å². The summed E-state index contributed by atoms with van der Waals surface area (Å²) < 4.78 is 11.3. The molecule has 1 aliphatic heterocycles. The van der Waals surface area contributed by atoms with Crippen molar-refractivity contribution in [2.75, 3.05) is 18.1 Å². The van der Waals surface area contributed by atoms with Crippen LogP contribution in [-0.2, 0) is 11.3 Å². The lowest BCUT2D eigenvalue weighted by molar-refractivity contribution is 0.0937. The maximum absolute atomic E-state index is 12.9. The number of benzene rings is 1. The molecule has 1 aromatic carbocycles. The van der Waals surface area contributed by atoms with Gasteiger partial charge in [0.2, 0.25) is 5.76 Å². The summed E-state index contributed by atoms with van der Waals surface area (Å²) in [5.41, 5.74) is 2.53. The normalized spacial score (nSPS) is 14.8. The Morgan fingerprint density at radius 2 is 2.09 bits per heavy atom. The molecule has 0 bridgehead atoms. The van der Waals surface area contributed by atoms with Crippen molar-refractivity contribution in [3.63, 3.8) is 0 Å². The second-order valence-electron chi connectivity index (χ2n) is 5.76. The summed E-state index contributed by atoms with van der Waals surface area (Å²) in [4.78, 5) is 19.0. The Morgan fingerprint density at radius 3 is 2.82 bits per heavy atom. The van der Waals surface area contributed by atoms with E-state index in [-0.39, 0.29) is 11.8 Å². The van der Waals surface area contributed by atoms with Crippen LogP contribution in [0.2, 0.25) is 0 Å². The molecule has 5 heteroatoms. The highest BCUT2D eigenvalue weighted by Crippen LogP contribution is 2.27. The minimum absolute atomic E-state index is 0.153. The predicted octanol–water partition coefficient (Wildman–Crippen LogP) is 3.28. The number of aromatic nitrogens is 1. The molecule has 0 unspecified atom stereocenters. The summed E-state index contributed by atoms with van der Waals surface area (Å²) in [6.07, 6.45) is 0. The number of rotatable bonds is 2. The van der Waals surface area contributed by atoms with Gasteiger partial charge in [-0.05, 0) is 13.0 Å². The first-order chi connectivity index (χ1) is 10.6. The highest BCUT2D eigenvalue weighted by Gasteiger charge is 2.27. The Kier molecular flexibility index (Phi) is 3.98. The van der Waals surface area contributed by atoms with E-state index in [1.807, 2.05) is 45.0 Å². The van der Waals surface area contributed by atoms with Crippen molar-refractivity contribution in [3.8, 4) is 0 Å². The van der Waals surface area contributed by atoms with Crippen LogP contribution in [0.15, 0.2) is 28.7 Å². The molecule has 1 amide bonds. The third-order valence-corrected chi connectivity index (χ3v) is 3.75. The monoisotopic (exact) mass is 300 g/mol. The minimum Gasteiger partial charge on any atom is -0.435 e. The molecular weight excluding hydrogens is 280 g/mol. The molecule has 1 aliphatic rings. The highest BCUT2D eigenvalue weighted by atomic mass is 16.5. The van der Waals surface area contributed by atoms with E-state index < -0.39 is 0 Å². The Morgan fingerprint density at radius 1 is 1.32 bits per heavy atom. The van der Waals surface area contributed by atoms with E-state index in [1.54, 1.807) is 4.90 Å². The largest absolute Gasteiger partial charge is 0.435 e. The summed E-state index contributed by atoms with van der Waals surface area (Å²) in [5.74, 6) is 0.912. The number of fused-ring (bicyclic) bond motifs is 1. The van der Waals surface area contributed by atoms with Crippen LogP contribution >= 0.6 is 0 Å². The maximum Gasteiger partial charge on any atom is 0.296 e. The van der Waals surface area contributed by atoms with Gasteiger partial charge in [-0.2, -0.15) is 0 Å². The number of hydrogen-bond donors (Lipinski definition) is 0. The number of para-hydroxylation sites is 1. The summed E-state index contributed by atoms with van der Waals surface area (Å²) in [5, 5.41) is 0. The second kappa shape index (κ2) is 5.93. The molecule has 0 radical (unpaired) electrons. The first-order valence-electron chi connectivity index (χ1n) is 7.52. The number of anilines is 1. The second-order valence-corrected chi connectivity index (χ2v) is 5.76. The zero-order chi connectivity index (χ0) is 15.7. The number of hydrogen-bond acceptors (Lipinski definition) is 4. The highest BCUT2D eigenvalue weighted by molar-refractivity contribution is 6.05. The van der Waals surface area contributed by atoms with Gasteiger partial charge in [0.1, 0.15) is 0 Å². The van der Waals surface area contributed by atoms with Crippen LogP contribution in [0, 0.1) is 6.92 Å². The van der Waals surface area contributed by atoms with E-state index in [9.17, 15) is 4.79 Å². The van der Waals surface area contributed by atoms with Gasteiger partial charge in [-0.25, -0.2) is 4.98 Å². The van der Waals surface area contributed by atoms with E-state index in [4.69, 9.17) is 9.15 Å². The Labute approximate surface area is 129 Å². The lowest BCUT2D eigenvalue weighted by atomic mass is 10.1. The molecule has 22 heavy (non-hydrogen) atoms. The molecule has 116 valence electrons. The SMILES string of the molecule is Cc1nc(C(C)C)oc1C(=O)N1CCOCc2ccccc21. The third-order valence-electron chi connectivity index (χ3n) is 3.75. The fourth-order valence-electron chi connectivity index (χ4n) is 2.55. The average Bonchev–Trinajstić information content (AvgIpc) is 2.77. The molecule has 0 fully saturated rings. The Bertz CT molecular complexity index is 691. The topological polar surface area (TPSA) is 55.6 Å². The number of carbonyl (C=O) groups is 1. The first-order valence-corrected chi connectivity index (χ1v) is 7.52. The van der Waals surface area contributed by atoms with Crippen LogP contribution in [0.1, 0.15) is 47.5 Å². The van der Waals surface area contributed by atoms with Crippen LogP contribution in [0.3, 0.4) is 0 Å². The number of oxazole rings is 1. The van der Waals surface area contributed by atoms with Crippen LogP contribution in [-0.4, -0.2) is 24.0 Å². The van der Waals surface area contributed by atoms with Crippen LogP contribution in [0.4, 0.5) is 5.69 Å². The van der Waals surface area contributed by atoms with Gasteiger partial charge in [0.25, 0.3) is 5.91 Å². The average molecular weight is 300 g/mol. The molecule has 0 spiro atoms. The quantitative estimate of drug-likeness (QED) is 0.854. The smallest absolute Gasteiger partial charge is 0.296 e. The molecule has 0 saturated carbocycles. The van der Waals surface area contributed by atoms with Gasteiger partial charge in [-0.3, -0.25) is 4.79 Å². The molecular formula is C17H20N2O3. The predicted molar refractivity (Wildman–Crippen MR) is 83.1 cm³/mol. The lowest BCUT2D eigenvalue weighted by Crippen LogP contribution is -2.33. The van der Waals surface area contributed by atoms with Crippen molar-refractivity contribution in [3.05, 3.63) is 47.2 Å². The van der Waals surface area contributed by atoms with E-state index >= 15 is 0 Å². The van der Waals surface area contributed by atoms with E-state index in [0.29, 0.717) is 37.1 Å². The van der Waals surface area contributed by atoms with Gasteiger partial charge < -0.3 is 14.1 Å². The fourth-order valence-corrected chi connectivity index (χ4v) is 2.55. The maximum atomic E-state index is 12.9. The standard InChI is InChI=1S/C17H20N2O3/c1-11(2)16-18-12(3)15(22-16)17(20)19-8-9-21-10-13-6-4-5-7-14(13)19/h4-7,11H,8-10H2,1-3H3. The van der Waals surface area contributed by atoms with Gasteiger partial charge in [0.05, 0.1) is 18.9 Å². The third kappa shape index (κ3) is 2.64. The number of ether oxygens (including phenoxy) is 1. The van der Waals surface area contributed by atoms with Crippen molar-refractivity contribution in [1.82, 2.24) is 4.98 Å². The summed E-state index contributed by atoms with van der Waals surface area (Å²) >= 11 is 0. The van der Waals surface area contributed by atoms with Crippen LogP contribution in [0.5, 0.6) is 0 Å². The zero-order valence-corrected chi connectivity index (χ0v) is 13.1. The van der Waals surface area contributed by atoms with Crippen molar-refractivity contribution >= 4 is 11.6 Å². The minimum atomic E-state index is -0.158. The van der Waals surface area contributed by atoms with E-state index in [2.05, 4.69) is 4.98 Å². The fraction of sp³-hybridized carbons (Fsp3) is 0.412. The Balaban J connectivity index is 1.98. The van der Waals surface area contributed by atoms with Gasteiger partial charge in [0.15, 0.2) is 5.89 Å². The van der Waals surface area contributed by atoms with Gasteiger partial charge in [-0.15, -0.1) is 0 Å². The zero-order valence-electron chi connectivity index (χ0n) is 13.1. The number of amides is 1. The van der Waals surface area contributed by atoms with Crippen molar-refractivity contribution in [2.45, 2.75) is 33.3 Å². The molecule has 5 nitrogen and oxygen atoms in total. The molecule has 2 heterocycles. The van der Waals surface area contributed by atoms with Gasteiger partial charge in [-0.1, -0.05) is 32.0 Å². The van der Waals surface area contributed by atoms with Crippen molar-refractivity contribution in [1.29, 1.82) is 0 Å². The molecule has 0 N–H and O–H groups in total.